The fourth-order valence-electron chi connectivity index (χ4n) is 4.69. The number of pyridine rings is 1. The van der Waals surface area contributed by atoms with E-state index in [4.69, 9.17) is 23.2 Å². The van der Waals surface area contributed by atoms with Gasteiger partial charge in [-0.05, 0) is 55.8 Å². The van der Waals surface area contributed by atoms with Crippen molar-refractivity contribution in [2.24, 2.45) is 0 Å². The van der Waals surface area contributed by atoms with Crippen molar-refractivity contribution in [3.05, 3.63) is 101 Å². The van der Waals surface area contributed by atoms with Crippen LogP contribution in [0, 0.1) is 11.6 Å². The first-order valence-electron chi connectivity index (χ1n) is 12.8. The first-order valence-corrected chi connectivity index (χ1v) is 17.7. The minimum absolute atomic E-state index is 0.0125. The second kappa shape index (κ2) is 11.1. The molecule has 0 saturated heterocycles. The Kier molecular flexibility index (Phi) is 7.57. The number of hydrogen-bond donors (Lipinski definition) is 2. The van der Waals surface area contributed by atoms with Crippen LogP contribution in [0.1, 0.15) is 0 Å². The van der Waals surface area contributed by atoms with E-state index >= 15 is 8.78 Å². The van der Waals surface area contributed by atoms with Crippen LogP contribution in [-0.2, 0) is 14.6 Å². The van der Waals surface area contributed by atoms with Gasteiger partial charge in [0.1, 0.15) is 41.2 Å². The molecule has 6 aromatic rings. The number of nitrogens with one attached hydrogen (secondary N) is 2. The average molecular weight is 673 g/mol. The number of hydrogen-bond acceptors (Lipinski definition) is 7. The topological polar surface area (TPSA) is 119 Å². The highest BCUT2D eigenvalue weighted by Crippen LogP contribution is 2.39. The van der Waals surface area contributed by atoms with E-state index in [9.17, 15) is 13.0 Å². The molecule has 3 aromatic heterocycles. The molecule has 0 atom stereocenters. The molecule has 0 saturated carbocycles. The Morgan fingerprint density at radius 1 is 0.932 bits per heavy atom. The van der Waals surface area contributed by atoms with Crippen molar-refractivity contribution in [2.45, 2.75) is 4.90 Å². The highest BCUT2D eigenvalue weighted by atomic mass is 35.5. The predicted molar refractivity (Wildman–Crippen MR) is 170 cm³/mol. The van der Waals surface area contributed by atoms with Gasteiger partial charge in [0.2, 0.25) is 0 Å². The standard InChI is InChI=1S/C29H21Cl2F2N6O3PS/c1-43(2,40)22-14-39(21-8-4-3-6-16(21)22)24-13-12-20-28(36-24)29(35-15-34-20)37-27-18(32)10-11-19(26(27)33)38-44(41,42)23-9-5-7-17(30)25(23)31/h3-15,38H,1-2H3,(H,34,35,37). The number of aromatic nitrogens is 4. The van der Waals surface area contributed by atoms with Crippen LogP contribution in [0.2, 0.25) is 10.0 Å². The first-order chi connectivity index (χ1) is 20.8. The van der Waals surface area contributed by atoms with Gasteiger partial charge < -0.3 is 14.4 Å². The van der Waals surface area contributed by atoms with E-state index in [0.717, 1.165) is 23.0 Å². The van der Waals surface area contributed by atoms with Gasteiger partial charge in [-0.1, -0.05) is 47.5 Å². The third-order valence-corrected chi connectivity index (χ3v) is 10.6. The summed E-state index contributed by atoms with van der Waals surface area (Å²) >= 11 is 12.0. The Bertz CT molecular complexity index is 2280. The number of para-hydroxylation sites is 1. The lowest BCUT2D eigenvalue weighted by Gasteiger charge is -2.15. The molecule has 3 aromatic carbocycles. The summed E-state index contributed by atoms with van der Waals surface area (Å²) in [6.45, 7) is 3.37. The normalized spacial score (nSPS) is 12.1. The number of sulfonamides is 1. The van der Waals surface area contributed by atoms with Crippen LogP contribution in [0.3, 0.4) is 0 Å². The number of rotatable bonds is 7. The third kappa shape index (κ3) is 5.39. The van der Waals surface area contributed by atoms with Gasteiger partial charge >= 0.3 is 0 Å². The first kappa shape index (κ1) is 30.0. The SMILES string of the molecule is CP(C)(=O)c1cn(-c2ccc3ncnc(Nc4c(F)ccc(NS(=O)(=O)c5cccc(Cl)c5Cl)c4F)c3n2)c2ccccc12. The lowest BCUT2D eigenvalue weighted by molar-refractivity contribution is 0.588. The zero-order chi connectivity index (χ0) is 31.4. The maximum absolute atomic E-state index is 15.7. The van der Waals surface area contributed by atoms with Crippen LogP contribution in [-0.4, -0.2) is 41.3 Å². The smallest absolute Gasteiger partial charge is 0.263 e. The number of fused-ring (bicyclic) bond motifs is 2. The van der Waals surface area contributed by atoms with Crippen molar-refractivity contribution in [3.63, 3.8) is 0 Å². The van der Waals surface area contributed by atoms with Crippen LogP contribution < -0.4 is 15.3 Å². The largest absolute Gasteiger partial charge is 0.333 e. The third-order valence-electron chi connectivity index (χ3n) is 6.77. The van der Waals surface area contributed by atoms with Crippen molar-refractivity contribution in [1.29, 1.82) is 0 Å². The molecule has 0 fully saturated rings. The van der Waals surface area contributed by atoms with Crippen LogP contribution in [0.5, 0.6) is 0 Å². The molecule has 15 heteroatoms. The van der Waals surface area contributed by atoms with Gasteiger partial charge in [-0.2, -0.15) is 0 Å². The molecule has 0 unspecified atom stereocenters. The van der Waals surface area contributed by atoms with Crippen LogP contribution in [0.15, 0.2) is 84.1 Å². The van der Waals surface area contributed by atoms with E-state index in [1.165, 1.54) is 24.5 Å². The van der Waals surface area contributed by atoms with E-state index in [1.807, 2.05) is 24.3 Å². The maximum Gasteiger partial charge on any atom is 0.263 e. The Hall–Kier alpha value is -4.09. The summed E-state index contributed by atoms with van der Waals surface area (Å²) in [5, 5.41) is 3.85. The molecular weight excluding hydrogens is 652 g/mol. The van der Waals surface area contributed by atoms with E-state index in [2.05, 4.69) is 25.0 Å². The summed E-state index contributed by atoms with van der Waals surface area (Å²) in [4.78, 5) is 12.7. The van der Waals surface area contributed by atoms with Crippen molar-refractivity contribution in [1.82, 2.24) is 19.5 Å². The maximum atomic E-state index is 15.7. The van der Waals surface area contributed by atoms with Crippen LogP contribution >= 0.6 is 30.3 Å². The minimum atomic E-state index is -4.41. The quantitative estimate of drug-likeness (QED) is 0.170. The van der Waals surface area contributed by atoms with Crippen molar-refractivity contribution in [2.75, 3.05) is 23.4 Å². The summed E-state index contributed by atoms with van der Waals surface area (Å²) in [5.74, 6) is -1.87. The van der Waals surface area contributed by atoms with Crippen molar-refractivity contribution >= 4 is 84.8 Å². The molecular formula is C29H21Cl2F2N6O3PS. The van der Waals surface area contributed by atoms with Gasteiger partial charge in [0.25, 0.3) is 10.0 Å². The average Bonchev–Trinajstić information content (AvgIpc) is 3.38. The predicted octanol–water partition coefficient (Wildman–Crippen LogP) is 7.35. The Balaban J connectivity index is 1.42. The lowest BCUT2D eigenvalue weighted by atomic mass is 10.2. The van der Waals surface area contributed by atoms with Gasteiger partial charge in [0.15, 0.2) is 11.6 Å². The zero-order valence-corrected chi connectivity index (χ0v) is 26.1. The molecule has 0 amide bonds. The van der Waals surface area contributed by atoms with E-state index in [-0.39, 0.29) is 26.3 Å². The minimum Gasteiger partial charge on any atom is -0.333 e. The second-order valence-corrected chi connectivity index (χ2v) is 15.7. The summed E-state index contributed by atoms with van der Waals surface area (Å²) < 4.78 is 73.6. The molecule has 0 aliphatic carbocycles. The van der Waals surface area contributed by atoms with Gasteiger partial charge in [0.05, 0.1) is 26.8 Å². The molecule has 0 radical (unpaired) electrons. The molecule has 3 heterocycles. The molecule has 6 rings (SSSR count). The lowest BCUT2D eigenvalue weighted by Crippen LogP contribution is -2.15. The Morgan fingerprint density at radius 3 is 2.48 bits per heavy atom. The van der Waals surface area contributed by atoms with E-state index in [0.29, 0.717) is 16.6 Å². The van der Waals surface area contributed by atoms with Gasteiger partial charge in [-0.25, -0.2) is 32.2 Å². The molecule has 9 nitrogen and oxygen atoms in total. The van der Waals surface area contributed by atoms with Crippen molar-refractivity contribution in [3.8, 4) is 5.82 Å². The van der Waals surface area contributed by atoms with E-state index in [1.54, 1.807) is 36.2 Å². The molecule has 0 bridgehead atoms. The zero-order valence-electron chi connectivity index (χ0n) is 22.9. The second-order valence-electron chi connectivity index (χ2n) is 10.1. The molecule has 2 N–H and O–H groups in total. The van der Waals surface area contributed by atoms with E-state index < -0.39 is 40.2 Å². The summed E-state index contributed by atoms with van der Waals surface area (Å²) in [5.41, 5.74) is 0.0819. The highest BCUT2D eigenvalue weighted by Gasteiger charge is 2.24. The van der Waals surface area contributed by atoms with Gasteiger partial charge in [0, 0.05) is 16.9 Å². The highest BCUT2D eigenvalue weighted by molar-refractivity contribution is 7.92. The molecule has 0 spiro atoms. The Labute approximate surface area is 260 Å². The molecule has 0 aliphatic rings. The monoisotopic (exact) mass is 672 g/mol. The number of nitrogens with zero attached hydrogens (tertiary/aromatic N) is 4. The van der Waals surface area contributed by atoms with Crippen LogP contribution in [0.25, 0.3) is 27.8 Å². The number of benzene rings is 3. The fourth-order valence-corrected chi connectivity index (χ4v) is 7.68. The molecule has 44 heavy (non-hydrogen) atoms. The Morgan fingerprint density at radius 2 is 1.70 bits per heavy atom. The molecule has 224 valence electrons. The summed E-state index contributed by atoms with van der Waals surface area (Å²) in [6.07, 6.45) is 2.96. The number of halogens is 4. The van der Waals surface area contributed by atoms with Gasteiger partial charge in [-0.15, -0.1) is 0 Å². The van der Waals surface area contributed by atoms with Gasteiger partial charge in [-0.3, -0.25) is 4.72 Å². The fraction of sp³-hybridized carbons (Fsp3) is 0.0690. The number of anilines is 3. The molecule has 0 aliphatic heterocycles. The van der Waals surface area contributed by atoms with Crippen molar-refractivity contribution < 1.29 is 21.8 Å². The summed E-state index contributed by atoms with van der Waals surface area (Å²) in [7, 11) is -7.06. The summed E-state index contributed by atoms with van der Waals surface area (Å²) in [6, 6.07) is 16.6. The van der Waals surface area contributed by atoms with Crippen LogP contribution in [0.4, 0.5) is 26.0 Å².